The van der Waals surface area contributed by atoms with Crippen LogP contribution < -0.4 is 0 Å². The minimum Gasteiger partial charge on any atom is -0.465 e. The lowest BCUT2D eigenvalue weighted by atomic mass is 9.93. The van der Waals surface area contributed by atoms with Gasteiger partial charge in [0.1, 0.15) is 18.3 Å². The largest absolute Gasteiger partial charge is 0.465 e. The molecule has 6 atom stereocenters. The monoisotopic (exact) mass is 477 g/mol. The molecule has 3 heterocycles. The molecule has 2 aliphatic rings. The number of esters is 1. The van der Waals surface area contributed by atoms with E-state index >= 15 is 0 Å². The van der Waals surface area contributed by atoms with Crippen molar-refractivity contribution < 1.29 is 33.6 Å². The van der Waals surface area contributed by atoms with Crippen molar-refractivity contribution in [2.45, 2.75) is 43.4 Å². The van der Waals surface area contributed by atoms with E-state index in [0.717, 1.165) is 16.7 Å². The molecule has 0 bridgehead atoms. The number of rotatable bonds is 6. The van der Waals surface area contributed by atoms with Crippen LogP contribution in [0.25, 0.3) is 0 Å². The summed E-state index contributed by atoms with van der Waals surface area (Å²) in [4.78, 5) is 16.4. The van der Waals surface area contributed by atoms with Crippen molar-refractivity contribution in [3.05, 3.63) is 101 Å². The molecule has 6 unspecified atom stereocenters. The van der Waals surface area contributed by atoms with E-state index < -0.39 is 43.0 Å². The van der Waals surface area contributed by atoms with Gasteiger partial charge in [-0.2, -0.15) is 0 Å². The lowest BCUT2D eigenvalue weighted by Gasteiger charge is -2.49. The molecule has 8 nitrogen and oxygen atoms in total. The Hall–Kier alpha value is -3.14. The lowest BCUT2D eigenvalue weighted by molar-refractivity contribution is -0.384. The average molecular weight is 478 g/mol. The highest BCUT2D eigenvalue weighted by molar-refractivity contribution is 5.90. The Morgan fingerprint density at radius 3 is 2.00 bits per heavy atom. The Morgan fingerprint density at radius 2 is 1.43 bits per heavy atom. The van der Waals surface area contributed by atoms with Crippen LogP contribution in [0.15, 0.2) is 79.1 Å². The van der Waals surface area contributed by atoms with Gasteiger partial charge in [0.25, 0.3) is 0 Å². The molecule has 0 radical (unpaired) electrons. The first-order valence-corrected chi connectivity index (χ1v) is 11.5. The van der Waals surface area contributed by atoms with Crippen LogP contribution in [0.4, 0.5) is 0 Å². The van der Waals surface area contributed by atoms with E-state index in [9.17, 15) is 9.90 Å². The molecular formula is C27H27NO7. The molecule has 8 heteroatoms. The van der Waals surface area contributed by atoms with Gasteiger partial charge in [0.15, 0.2) is 12.6 Å². The minimum atomic E-state index is -0.699. The number of pyridine rings is 1. The molecule has 35 heavy (non-hydrogen) atoms. The van der Waals surface area contributed by atoms with Crippen LogP contribution in [0, 0.1) is 0 Å². The number of hydrogen-bond acceptors (Lipinski definition) is 8. The summed E-state index contributed by atoms with van der Waals surface area (Å²) < 4.78 is 30.2. The molecule has 5 rings (SSSR count). The van der Waals surface area contributed by atoms with Gasteiger partial charge in [-0.15, -0.1) is 0 Å². The smallest absolute Gasteiger partial charge is 0.339 e. The van der Waals surface area contributed by atoms with Crippen molar-refractivity contribution in [1.82, 2.24) is 4.98 Å². The Balaban J connectivity index is 1.50. The highest BCUT2D eigenvalue weighted by Crippen LogP contribution is 2.41. The Morgan fingerprint density at radius 1 is 0.857 bits per heavy atom. The highest BCUT2D eigenvalue weighted by atomic mass is 16.8. The number of benzene rings is 2. The maximum absolute atomic E-state index is 12.4. The van der Waals surface area contributed by atoms with Gasteiger partial charge in [0.2, 0.25) is 0 Å². The second-order valence-corrected chi connectivity index (χ2v) is 8.45. The molecule has 2 fully saturated rings. The lowest BCUT2D eigenvalue weighted by Crippen LogP contribution is -2.59. The van der Waals surface area contributed by atoms with Crippen molar-refractivity contribution >= 4 is 5.97 Å². The number of hydrogen-bond donors (Lipinski definition) is 1. The number of aliphatic hydroxyl groups is 1. The number of aliphatic hydroxyl groups excluding tert-OH is 1. The molecule has 2 aromatic carbocycles. The maximum Gasteiger partial charge on any atom is 0.339 e. The minimum absolute atomic E-state index is 0.245. The standard InChI is InChI=1S/C27H27NO7/c1-31-25(30)20-15-28-13-12-19(20)14-21-23-24(35-26(32-21)17-8-4-2-5-9-17)22(16-29)33-27(34-23)18-10-6-3-7-11-18/h2-13,15,21-24,26-27,29H,14,16H2,1H3. The average Bonchev–Trinajstić information content (AvgIpc) is 2.93. The summed E-state index contributed by atoms with van der Waals surface area (Å²) in [6.07, 6.45) is -0.224. The zero-order valence-corrected chi connectivity index (χ0v) is 19.2. The molecule has 1 aromatic heterocycles. The summed E-state index contributed by atoms with van der Waals surface area (Å²) in [7, 11) is 1.34. The molecule has 182 valence electrons. The number of nitrogens with zero attached hydrogens (tertiary/aromatic N) is 1. The maximum atomic E-state index is 12.4. The molecule has 2 aliphatic heterocycles. The van der Waals surface area contributed by atoms with Crippen LogP contribution in [0.2, 0.25) is 0 Å². The van der Waals surface area contributed by atoms with Crippen molar-refractivity contribution in [3.63, 3.8) is 0 Å². The van der Waals surface area contributed by atoms with Gasteiger partial charge in [0, 0.05) is 29.9 Å². The number of ether oxygens (including phenoxy) is 5. The predicted octanol–water partition coefficient (Wildman–Crippen LogP) is 3.37. The van der Waals surface area contributed by atoms with Crippen molar-refractivity contribution in [1.29, 1.82) is 0 Å². The first-order valence-electron chi connectivity index (χ1n) is 11.5. The Kier molecular flexibility index (Phi) is 7.17. The first kappa shape index (κ1) is 23.6. The second kappa shape index (κ2) is 10.6. The fourth-order valence-corrected chi connectivity index (χ4v) is 4.53. The zero-order chi connectivity index (χ0) is 24.2. The predicted molar refractivity (Wildman–Crippen MR) is 124 cm³/mol. The summed E-state index contributed by atoms with van der Waals surface area (Å²) in [6.45, 7) is -0.245. The van der Waals surface area contributed by atoms with Crippen LogP contribution >= 0.6 is 0 Å². The Labute approximate surface area is 203 Å². The van der Waals surface area contributed by atoms with Crippen LogP contribution in [0.5, 0.6) is 0 Å². The number of methoxy groups -OCH3 is 1. The van der Waals surface area contributed by atoms with Crippen LogP contribution in [-0.2, 0) is 30.1 Å². The molecule has 0 aliphatic carbocycles. The third-order valence-electron chi connectivity index (χ3n) is 6.28. The third-order valence-corrected chi connectivity index (χ3v) is 6.28. The molecule has 0 spiro atoms. The van der Waals surface area contributed by atoms with E-state index in [1.165, 1.54) is 13.3 Å². The summed E-state index contributed by atoms with van der Waals surface area (Å²) in [5.74, 6) is -0.473. The normalized spacial score (nSPS) is 28.2. The van der Waals surface area contributed by atoms with Gasteiger partial charge in [-0.3, -0.25) is 4.98 Å². The molecule has 0 saturated carbocycles. The molecule has 3 aromatic rings. The number of carbonyl (C=O) groups excluding carboxylic acids is 1. The van der Waals surface area contributed by atoms with Crippen LogP contribution in [-0.4, -0.2) is 54.2 Å². The van der Waals surface area contributed by atoms with Gasteiger partial charge < -0.3 is 28.8 Å². The first-order chi connectivity index (χ1) is 17.2. The quantitative estimate of drug-likeness (QED) is 0.540. The number of fused-ring (bicyclic) bond motifs is 1. The highest BCUT2D eigenvalue weighted by Gasteiger charge is 2.50. The fourth-order valence-electron chi connectivity index (χ4n) is 4.53. The summed E-state index contributed by atoms with van der Waals surface area (Å²) in [5.41, 5.74) is 2.74. The van der Waals surface area contributed by atoms with Gasteiger partial charge in [-0.1, -0.05) is 60.7 Å². The summed E-state index contributed by atoms with van der Waals surface area (Å²) >= 11 is 0. The van der Waals surface area contributed by atoms with Crippen molar-refractivity contribution in [2.24, 2.45) is 0 Å². The van der Waals surface area contributed by atoms with Gasteiger partial charge in [0.05, 0.1) is 25.4 Å². The molecular weight excluding hydrogens is 450 g/mol. The second-order valence-electron chi connectivity index (χ2n) is 8.45. The number of carbonyl (C=O) groups is 1. The van der Waals surface area contributed by atoms with Crippen molar-refractivity contribution in [3.8, 4) is 0 Å². The zero-order valence-electron chi connectivity index (χ0n) is 19.2. The molecule has 1 N–H and O–H groups in total. The summed E-state index contributed by atoms with van der Waals surface area (Å²) in [6, 6.07) is 20.9. The summed E-state index contributed by atoms with van der Waals surface area (Å²) in [5, 5.41) is 10.2. The van der Waals surface area contributed by atoms with E-state index in [2.05, 4.69) is 4.98 Å². The van der Waals surface area contributed by atoms with Crippen molar-refractivity contribution in [2.75, 3.05) is 13.7 Å². The Bertz CT molecular complexity index is 1130. The van der Waals surface area contributed by atoms with E-state index in [1.807, 2.05) is 60.7 Å². The van der Waals surface area contributed by atoms with E-state index in [1.54, 1.807) is 12.3 Å². The number of aromatic nitrogens is 1. The van der Waals surface area contributed by atoms with E-state index in [4.69, 9.17) is 23.7 Å². The van der Waals surface area contributed by atoms with Crippen LogP contribution in [0.3, 0.4) is 0 Å². The van der Waals surface area contributed by atoms with Gasteiger partial charge in [-0.25, -0.2) is 4.79 Å². The molecule has 0 amide bonds. The van der Waals surface area contributed by atoms with E-state index in [0.29, 0.717) is 12.0 Å². The van der Waals surface area contributed by atoms with Gasteiger partial charge in [-0.05, 0) is 11.6 Å². The topological polar surface area (TPSA) is 96.3 Å². The van der Waals surface area contributed by atoms with E-state index in [-0.39, 0.29) is 6.61 Å². The van der Waals surface area contributed by atoms with Crippen LogP contribution in [0.1, 0.15) is 39.6 Å². The third kappa shape index (κ3) is 4.98. The van der Waals surface area contributed by atoms with Gasteiger partial charge >= 0.3 is 5.97 Å². The molecule has 2 saturated heterocycles. The SMILES string of the molecule is COC(=O)c1cnccc1CC1OC(c2ccccc2)OC2C(CO)OC(c3ccccc3)OC12. The fraction of sp³-hybridized carbons (Fsp3) is 0.333.